The lowest BCUT2D eigenvalue weighted by molar-refractivity contribution is -0.127. The Labute approximate surface area is 88.0 Å². The number of aromatic nitrogens is 1. The molecule has 0 unspecified atom stereocenters. The molecule has 0 saturated heterocycles. The number of carbonyl (C=O) groups excluding carboxylic acids is 1. The van der Waals surface area contributed by atoms with Crippen molar-refractivity contribution >= 4 is 17.2 Å². The van der Waals surface area contributed by atoms with E-state index in [0.29, 0.717) is 6.54 Å². The molecule has 1 heterocycles. The van der Waals surface area contributed by atoms with Gasteiger partial charge in [0.15, 0.2) is 0 Å². The second-order valence-electron chi connectivity index (χ2n) is 3.26. The van der Waals surface area contributed by atoms with E-state index >= 15 is 0 Å². The molecule has 1 rings (SSSR count). The normalized spacial score (nSPS) is 12.5. The van der Waals surface area contributed by atoms with E-state index in [0.717, 1.165) is 5.01 Å². The van der Waals surface area contributed by atoms with E-state index in [1.165, 1.54) is 0 Å². The van der Waals surface area contributed by atoms with Crippen molar-refractivity contribution in [3.8, 4) is 0 Å². The van der Waals surface area contributed by atoms with Crippen LogP contribution in [0.3, 0.4) is 0 Å². The van der Waals surface area contributed by atoms with E-state index in [-0.39, 0.29) is 11.9 Å². The average Bonchev–Trinajstić information content (AvgIpc) is 2.66. The molecule has 0 aliphatic rings. The van der Waals surface area contributed by atoms with Crippen molar-refractivity contribution in [3.63, 3.8) is 0 Å². The van der Waals surface area contributed by atoms with Crippen LogP contribution in [0, 0.1) is 0 Å². The quantitative estimate of drug-likeness (QED) is 0.807. The lowest BCUT2D eigenvalue weighted by atomic mass is 10.3. The van der Waals surface area contributed by atoms with Gasteiger partial charge in [-0.3, -0.25) is 10.1 Å². The highest BCUT2D eigenvalue weighted by molar-refractivity contribution is 7.09. The smallest absolute Gasteiger partial charge is 0.236 e. The highest BCUT2D eigenvalue weighted by Crippen LogP contribution is 2.13. The Bertz CT molecular complexity index is 284. The first-order valence-corrected chi connectivity index (χ1v) is 5.32. The summed E-state index contributed by atoms with van der Waals surface area (Å²) in [5.41, 5.74) is 0. The van der Waals surface area contributed by atoms with Gasteiger partial charge >= 0.3 is 0 Å². The number of hydrogen-bond acceptors (Lipinski definition) is 4. The Balaban J connectivity index is 2.36. The van der Waals surface area contributed by atoms with Gasteiger partial charge in [0.1, 0.15) is 5.01 Å². The number of thiazole rings is 1. The van der Waals surface area contributed by atoms with E-state index in [9.17, 15) is 4.79 Å². The molecular weight excluding hydrogens is 198 g/mol. The average molecular weight is 213 g/mol. The van der Waals surface area contributed by atoms with Crippen LogP contribution in [0.25, 0.3) is 0 Å². The third-order valence-corrected chi connectivity index (χ3v) is 2.84. The van der Waals surface area contributed by atoms with E-state index in [2.05, 4.69) is 10.3 Å². The summed E-state index contributed by atoms with van der Waals surface area (Å²) < 4.78 is 0. The van der Waals surface area contributed by atoms with Crippen LogP contribution in [0.5, 0.6) is 0 Å². The molecule has 4 nitrogen and oxygen atoms in total. The second-order valence-corrected chi connectivity index (χ2v) is 4.19. The number of hydrogen-bond donors (Lipinski definition) is 1. The van der Waals surface area contributed by atoms with Crippen LogP contribution in [-0.4, -0.2) is 36.4 Å². The fraction of sp³-hybridized carbons (Fsp3) is 0.556. The lowest BCUT2D eigenvalue weighted by Crippen LogP contribution is -2.34. The van der Waals surface area contributed by atoms with Crippen LogP contribution in [-0.2, 0) is 4.79 Å². The maximum atomic E-state index is 11.3. The summed E-state index contributed by atoms with van der Waals surface area (Å²) >= 11 is 1.59. The largest absolute Gasteiger partial charge is 0.348 e. The molecule has 1 N–H and O–H groups in total. The van der Waals surface area contributed by atoms with Gasteiger partial charge < -0.3 is 4.90 Å². The third kappa shape index (κ3) is 3.08. The molecule has 0 spiro atoms. The van der Waals surface area contributed by atoms with Crippen molar-refractivity contribution in [2.75, 3.05) is 20.6 Å². The molecule has 1 amide bonds. The molecule has 1 aromatic heterocycles. The van der Waals surface area contributed by atoms with Crippen molar-refractivity contribution in [2.24, 2.45) is 0 Å². The number of nitrogens with zero attached hydrogens (tertiary/aromatic N) is 2. The first kappa shape index (κ1) is 11.1. The molecule has 0 aliphatic carbocycles. The van der Waals surface area contributed by atoms with Gasteiger partial charge in [-0.15, -0.1) is 11.3 Å². The van der Waals surface area contributed by atoms with Crippen LogP contribution >= 0.6 is 11.3 Å². The number of amides is 1. The topological polar surface area (TPSA) is 45.2 Å². The molecule has 1 atom stereocenters. The molecule has 0 aliphatic heterocycles. The van der Waals surface area contributed by atoms with Crippen molar-refractivity contribution < 1.29 is 4.79 Å². The molecule has 1 aromatic rings. The minimum Gasteiger partial charge on any atom is -0.348 e. The predicted octanol–water partition coefficient (Wildman–Crippen LogP) is 0.882. The van der Waals surface area contributed by atoms with Crippen molar-refractivity contribution in [2.45, 2.75) is 13.0 Å². The monoisotopic (exact) mass is 213 g/mol. The summed E-state index contributed by atoms with van der Waals surface area (Å²) in [5.74, 6) is 0.0772. The van der Waals surface area contributed by atoms with Gasteiger partial charge in [-0.05, 0) is 6.92 Å². The Morgan fingerprint density at radius 3 is 2.93 bits per heavy atom. The number of rotatable bonds is 4. The van der Waals surface area contributed by atoms with E-state index in [1.54, 1.807) is 36.5 Å². The van der Waals surface area contributed by atoms with Crippen molar-refractivity contribution in [3.05, 3.63) is 16.6 Å². The minimum absolute atomic E-state index is 0.0772. The zero-order valence-corrected chi connectivity index (χ0v) is 9.47. The molecule has 0 radical (unpaired) electrons. The highest BCUT2D eigenvalue weighted by atomic mass is 32.1. The van der Waals surface area contributed by atoms with Gasteiger partial charge in [-0.1, -0.05) is 0 Å². The van der Waals surface area contributed by atoms with Gasteiger partial charge in [0, 0.05) is 25.7 Å². The summed E-state index contributed by atoms with van der Waals surface area (Å²) in [5, 5.41) is 6.07. The zero-order chi connectivity index (χ0) is 10.6. The Morgan fingerprint density at radius 1 is 1.71 bits per heavy atom. The highest BCUT2D eigenvalue weighted by Gasteiger charge is 2.10. The number of nitrogens with one attached hydrogen (secondary N) is 1. The van der Waals surface area contributed by atoms with Gasteiger partial charge in [0.25, 0.3) is 0 Å². The number of carbonyl (C=O) groups is 1. The van der Waals surface area contributed by atoms with Crippen LogP contribution in [0.15, 0.2) is 11.6 Å². The van der Waals surface area contributed by atoms with Gasteiger partial charge in [0.2, 0.25) is 5.91 Å². The molecule has 0 bridgehead atoms. The number of likely N-dealkylation sites (N-methyl/N-ethyl adjacent to an activating group) is 1. The maximum absolute atomic E-state index is 11.3. The zero-order valence-electron chi connectivity index (χ0n) is 8.65. The molecule has 5 heteroatoms. The molecule has 0 fully saturated rings. The Morgan fingerprint density at radius 2 is 2.43 bits per heavy atom. The summed E-state index contributed by atoms with van der Waals surface area (Å²) in [6.45, 7) is 2.36. The van der Waals surface area contributed by atoms with Crippen LogP contribution in [0.2, 0.25) is 0 Å². The SMILES string of the molecule is C[C@H](NCC(=O)N(C)C)c1nccs1. The van der Waals surface area contributed by atoms with Crippen LogP contribution in [0.4, 0.5) is 0 Å². The lowest BCUT2D eigenvalue weighted by Gasteiger charge is -2.14. The van der Waals surface area contributed by atoms with E-state index < -0.39 is 0 Å². The van der Waals surface area contributed by atoms with Crippen LogP contribution in [0.1, 0.15) is 18.0 Å². The predicted molar refractivity (Wildman–Crippen MR) is 57.2 cm³/mol. The summed E-state index contributed by atoms with van der Waals surface area (Å²) in [6.07, 6.45) is 1.77. The minimum atomic E-state index is 0.0772. The molecule has 78 valence electrons. The van der Waals surface area contributed by atoms with Gasteiger partial charge in [-0.25, -0.2) is 4.98 Å². The van der Waals surface area contributed by atoms with Crippen LogP contribution < -0.4 is 5.32 Å². The third-order valence-electron chi connectivity index (χ3n) is 1.88. The van der Waals surface area contributed by atoms with E-state index in [4.69, 9.17) is 0 Å². The standard InChI is InChI=1S/C9H15N3OS/c1-7(9-10-4-5-14-9)11-6-8(13)12(2)3/h4-5,7,11H,6H2,1-3H3/t7-/m0/s1. The fourth-order valence-electron chi connectivity index (χ4n) is 0.934. The Kier molecular flexibility index (Phi) is 4.03. The van der Waals surface area contributed by atoms with E-state index in [1.807, 2.05) is 12.3 Å². The first-order valence-electron chi connectivity index (χ1n) is 4.44. The van der Waals surface area contributed by atoms with Crippen molar-refractivity contribution in [1.82, 2.24) is 15.2 Å². The van der Waals surface area contributed by atoms with Gasteiger partial charge in [0.05, 0.1) is 12.6 Å². The molecular formula is C9H15N3OS. The van der Waals surface area contributed by atoms with Crippen molar-refractivity contribution in [1.29, 1.82) is 0 Å². The molecule has 0 aromatic carbocycles. The maximum Gasteiger partial charge on any atom is 0.236 e. The Hall–Kier alpha value is -0.940. The fourth-order valence-corrected chi connectivity index (χ4v) is 1.60. The summed E-state index contributed by atoms with van der Waals surface area (Å²) in [7, 11) is 3.50. The van der Waals surface area contributed by atoms with Gasteiger partial charge in [-0.2, -0.15) is 0 Å². The molecule has 0 saturated carbocycles. The summed E-state index contributed by atoms with van der Waals surface area (Å²) in [4.78, 5) is 17.0. The summed E-state index contributed by atoms with van der Waals surface area (Å²) in [6, 6.07) is 0.138. The second kappa shape index (κ2) is 5.07. The first-order chi connectivity index (χ1) is 6.61. The molecule has 14 heavy (non-hydrogen) atoms.